The molecule has 5 heteroatoms. The number of amides is 1. The number of rotatable bonds is 3. The maximum Gasteiger partial charge on any atom is 0.274 e. The molecule has 0 unspecified atom stereocenters. The minimum atomic E-state index is 0.0809. The summed E-state index contributed by atoms with van der Waals surface area (Å²) in [6, 6.07) is 3.70. The molecule has 2 saturated heterocycles. The highest BCUT2D eigenvalue weighted by Gasteiger charge is 2.36. The Labute approximate surface area is 139 Å². The third-order valence-corrected chi connectivity index (χ3v) is 5.56. The van der Waals surface area contributed by atoms with Gasteiger partial charge in [0, 0.05) is 36.9 Å². The first-order chi connectivity index (χ1) is 11.0. The molecule has 1 amide bonds. The predicted octanol–water partition coefficient (Wildman–Crippen LogP) is 3.01. The van der Waals surface area contributed by atoms with E-state index in [1.54, 1.807) is 0 Å². The standard InChI is InChI=1S/C18H30N4O/c1-12(2)16-10-17(20-19-16)18(23)21-9-5-6-15(11-21)22-13(3)7-8-14(22)4/h10,12-15H,5-9,11H2,1-4H3,(H,19,20)/t13-,14+,15-/m1/s1. The van der Waals surface area contributed by atoms with Gasteiger partial charge >= 0.3 is 0 Å². The summed E-state index contributed by atoms with van der Waals surface area (Å²) in [5.74, 6) is 0.446. The van der Waals surface area contributed by atoms with Crippen molar-refractivity contribution in [1.82, 2.24) is 20.0 Å². The van der Waals surface area contributed by atoms with Crippen LogP contribution in [0.15, 0.2) is 6.07 Å². The Morgan fingerprint density at radius 1 is 1.26 bits per heavy atom. The van der Waals surface area contributed by atoms with Crippen molar-refractivity contribution < 1.29 is 4.79 Å². The summed E-state index contributed by atoms with van der Waals surface area (Å²) in [5.41, 5.74) is 1.60. The molecule has 0 saturated carbocycles. The van der Waals surface area contributed by atoms with Gasteiger partial charge in [0.15, 0.2) is 0 Å². The van der Waals surface area contributed by atoms with Crippen LogP contribution in [0.25, 0.3) is 0 Å². The van der Waals surface area contributed by atoms with Gasteiger partial charge in [0.1, 0.15) is 5.69 Å². The number of piperidine rings is 1. The third kappa shape index (κ3) is 3.30. The van der Waals surface area contributed by atoms with Crippen LogP contribution in [-0.2, 0) is 0 Å². The topological polar surface area (TPSA) is 52.2 Å². The van der Waals surface area contributed by atoms with E-state index < -0.39 is 0 Å². The van der Waals surface area contributed by atoms with Crippen molar-refractivity contribution in [1.29, 1.82) is 0 Å². The van der Waals surface area contributed by atoms with E-state index in [9.17, 15) is 4.79 Å². The van der Waals surface area contributed by atoms with E-state index in [4.69, 9.17) is 0 Å². The van der Waals surface area contributed by atoms with Crippen molar-refractivity contribution in [3.05, 3.63) is 17.5 Å². The molecular formula is C18H30N4O. The molecule has 3 rings (SSSR count). The van der Waals surface area contributed by atoms with E-state index in [0.717, 1.165) is 25.2 Å². The summed E-state index contributed by atoms with van der Waals surface area (Å²) in [6.45, 7) is 10.6. The molecule has 2 fully saturated rings. The van der Waals surface area contributed by atoms with E-state index >= 15 is 0 Å². The summed E-state index contributed by atoms with van der Waals surface area (Å²) in [4.78, 5) is 17.4. The number of hydrogen-bond donors (Lipinski definition) is 1. The van der Waals surface area contributed by atoms with Gasteiger partial charge < -0.3 is 4.90 Å². The second-order valence-electron chi connectivity index (χ2n) is 7.63. The molecule has 2 aliphatic rings. The van der Waals surface area contributed by atoms with Crippen LogP contribution in [0.2, 0.25) is 0 Å². The number of nitrogens with zero attached hydrogens (tertiary/aromatic N) is 3. The summed E-state index contributed by atoms with van der Waals surface area (Å²) in [6.07, 6.45) is 4.86. The quantitative estimate of drug-likeness (QED) is 0.932. The SMILES string of the molecule is CC(C)c1cc(C(=O)N2CCC[C@@H](N3[C@H](C)CC[C@@H]3C)C2)n[nH]1. The largest absolute Gasteiger partial charge is 0.336 e. The Bertz CT molecular complexity index is 543. The number of carbonyl (C=O) groups is 1. The van der Waals surface area contributed by atoms with Gasteiger partial charge in [-0.2, -0.15) is 5.10 Å². The molecule has 0 aromatic carbocycles. The smallest absolute Gasteiger partial charge is 0.274 e. The number of hydrogen-bond acceptors (Lipinski definition) is 3. The number of aromatic amines is 1. The van der Waals surface area contributed by atoms with Crippen molar-refractivity contribution >= 4 is 5.91 Å². The Morgan fingerprint density at radius 2 is 1.96 bits per heavy atom. The molecule has 128 valence electrons. The first-order valence-electron chi connectivity index (χ1n) is 9.09. The second kappa shape index (κ2) is 6.63. The highest BCUT2D eigenvalue weighted by molar-refractivity contribution is 5.92. The maximum absolute atomic E-state index is 12.8. The molecule has 1 N–H and O–H groups in total. The first-order valence-corrected chi connectivity index (χ1v) is 9.09. The molecule has 2 aliphatic heterocycles. The molecule has 0 spiro atoms. The Morgan fingerprint density at radius 3 is 2.57 bits per heavy atom. The number of carbonyl (C=O) groups excluding carboxylic acids is 1. The molecule has 3 atom stereocenters. The van der Waals surface area contributed by atoms with Crippen molar-refractivity contribution in [3.8, 4) is 0 Å². The Hall–Kier alpha value is -1.36. The van der Waals surface area contributed by atoms with Gasteiger partial charge in [-0.05, 0) is 51.5 Å². The highest BCUT2D eigenvalue weighted by atomic mass is 16.2. The molecule has 1 aromatic rings. The maximum atomic E-state index is 12.8. The zero-order chi connectivity index (χ0) is 16.6. The van der Waals surface area contributed by atoms with E-state index in [2.05, 4.69) is 42.8 Å². The van der Waals surface area contributed by atoms with Crippen LogP contribution in [0.1, 0.15) is 75.5 Å². The van der Waals surface area contributed by atoms with Crippen molar-refractivity contribution in [2.75, 3.05) is 13.1 Å². The Kier molecular flexibility index (Phi) is 4.76. The van der Waals surface area contributed by atoms with Gasteiger partial charge in [-0.15, -0.1) is 0 Å². The second-order valence-corrected chi connectivity index (χ2v) is 7.63. The average molecular weight is 318 g/mol. The lowest BCUT2D eigenvalue weighted by atomic mass is 10.0. The molecule has 0 aliphatic carbocycles. The van der Waals surface area contributed by atoms with Gasteiger partial charge in [-0.3, -0.25) is 14.8 Å². The number of likely N-dealkylation sites (tertiary alicyclic amines) is 2. The third-order valence-electron chi connectivity index (χ3n) is 5.56. The fourth-order valence-electron chi connectivity index (χ4n) is 4.22. The monoisotopic (exact) mass is 318 g/mol. The fourth-order valence-corrected chi connectivity index (χ4v) is 4.22. The zero-order valence-electron chi connectivity index (χ0n) is 14.9. The molecule has 3 heterocycles. The zero-order valence-corrected chi connectivity index (χ0v) is 14.9. The number of nitrogens with one attached hydrogen (secondary N) is 1. The van der Waals surface area contributed by atoms with Crippen molar-refractivity contribution in [3.63, 3.8) is 0 Å². The van der Waals surface area contributed by atoms with Crippen molar-refractivity contribution in [2.24, 2.45) is 0 Å². The predicted molar refractivity (Wildman–Crippen MR) is 91.6 cm³/mol. The lowest BCUT2D eigenvalue weighted by Gasteiger charge is -2.41. The summed E-state index contributed by atoms with van der Waals surface area (Å²) < 4.78 is 0. The van der Waals surface area contributed by atoms with Crippen LogP contribution in [0, 0.1) is 0 Å². The van der Waals surface area contributed by atoms with Crippen molar-refractivity contribution in [2.45, 2.75) is 77.4 Å². The van der Waals surface area contributed by atoms with Crippen LogP contribution < -0.4 is 0 Å². The normalized spacial score (nSPS) is 29.4. The fraction of sp³-hybridized carbons (Fsp3) is 0.778. The van der Waals surface area contributed by atoms with Gasteiger partial charge in [-0.1, -0.05) is 13.8 Å². The lowest BCUT2D eigenvalue weighted by Crippen LogP contribution is -2.52. The van der Waals surface area contributed by atoms with Gasteiger partial charge in [-0.25, -0.2) is 0 Å². The minimum Gasteiger partial charge on any atom is -0.336 e. The summed E-state index contributed by atoms with van der Waals surface area (Å²) in [5, 5.41) is 7.23. The van der Waals surface area contributed by atoms with Crippen LogP contribution in [0.3, 0.4) is 0 Å². The molecule has 5 nitrogen and oxygen atoms in total. The van der Waals surface area contributed by atoms with Crippen LogP contribution in [-0.4, -0.2) is 57.1 Å². The van der Waals surface area contributed by atoms with E-state index in [1.807, 2.05) is 11.0 Å². The molecule has 0 radical (unpaired) electrons. The van der Waals surface area contributed by atoms with Crippen LogP contribution in [0.4, 0.5) is 0 Å². The highest BCUT2D eigenvalue weighted by Crippen LogP contribution is 2.30. The first kappa shape index (κ1) is 16.5. The lowest BCUT2D eigenvalue weighted by molar-refractivity contribution is 0.0482. The van der Waals surface area contributed by atoms with Crippen LogP contribution in [0.5, 0.6) is 0 Å². The van der Waals surface area contributed by atoms with E-state index in [-0.39, 0.29) is 5.91 Å². The van der Waals surface area contributed by atoms with E-state index in [0.29, 0.717) is 29.7 Å². The number of H-pyrrole nitrogens is 1. The molecule has 1 aromatic heterocycles. The van der Waals surface area contributed by atoms with Gasteiger partial charge in [0.25, 0.3) is 5.91 Å². The number of aromatic nitrogens is 2. The Balaban J connectivity index is 1.69. The minimum absolute atomic E-state index is 0.0809. The van der Waals surface area contributed by atoms with Crippen LogP contribution >= 0.6 is 0 Å². The van der Waals surface area contributed by atoms with Gasteiger partial charge in [0.2, 0.25) is 0 Å². The average Bonchev–Trinajstić information content (AvgIpc) is 3.14. The molecule has 0 bridgehead atoms. The van der Waals surface area contributed by atoms with E-state index in [1.165, 1.54) is 19.3 Å². The summed E-state index contributed by atoms with van der Waals surface area (Å²) >= 11 is 0. The summed E-state index contributed by atoms with van der Waals surface area (Å²) in [7, 11) is 0. The molecule has 23 heavy (non-hydrogen) atoms. The molecular weight excluding hydrogens is 288 g/mol. The van der Waals surface area contributed by atoms with Gasteiger partial charge in [0.05, 0.1) is 0 Å².